The van der Waals surface area contributed by atoms with E-state index >= 15 is 0 Å². The molecule has 4 rings (SSSR count). The van der Waals surface area contributed by atoms with Crippen molar-refractivity contribution < 1.29 is 9.47 Å². The lowest BCUT2D eigenvalue weighted by Gasteiger charge is -2.27. The summed E-state index contributed by atoms with van der Waals surface area (Å²) >= 11 is 0. The first kappa shape index (κ1) is 17.7. The summed E-state index contributed by atoms with van der Waals surface area (Å²) in [7, 11) is 1.69. The van der Waals surface area contributed by atoms with Crippen LogP contribution in [-0.4, -0.2) is 42.2 Å². The third-order valence-electron chi connectivity index (χ3n) is 5.10. The quantitative estimate of drug-likeness (QED) is 0.818. The second kappa shape index (κ2) is 7.90. The molecule has 0 saturated heterocycles. The van der Waals surface area contributed by atoms with Crippen LogP contribution in [0.25, 0.3) is 0 Å². The zero-order chi connectivity index (χ0) is 18.6. The number of aromatic amines is 1. The number of fused-ring (bicyclic) bond motifs is 1. The lowest BCUT2D eigenvalue weighted by molar-refractivity contribution is 0.200. The number of aliphatic imine (C=N–C) groups is 1. The van der Waals surface area contributed by atoms with Gasteiger partial charge >= 0.3 is 0 Å². The van der Waals surface area contributed by atoms with Crippen molar-refractivity contribution in [2.75, 3.05) is 25.2 Å². The Balaban J connectivity index is 1.53. The number of benzene rings is 1. The van der Waals surface area contributed by atoms with Gasteiger partial charge in [-0.2, -0.15) is 0 Å². The van der Waals surface area contributed by atoms with E-state index in [9.17, 15) is 0 Å². The lowest BCUT2D eigenvalue weighted by atomic mass is 10.1. The fourth-order valence-corrected chi connectivity index (χ4v) is 3.76. The zero-order valence-electron chi connectivity index (χ0n) is 16.0. The van der Waals surface area contributed by atoms with Crippen molar-refractivity contribution in [3.05, 3.63) is 35.8 Å². The van der Waals surface area contributed by atoms with Gasteiger partial charge in [0.2, 0.25) is 0 Å². The number of rotatable bonds is 6. The maximum Gasteiger partial charge on any atom is 0.161 e. The highest BCUT2D eigenvalue weighted by Gasteiger charge is 2.23. The van der Waals surface area contributed by atoms with E-state index < -0.39 is 0 Å². The molecule has 0 bridgehead atoms. The van der Waals surface area contributed by atoms with Crippen LogP contribution in [-0.2, 0) is 6.54 Å². The van der Waals surface area contributed by atoms with Crippen LogP contribution >= 0.6 is 0 Å². The number of amidine groups is 1. The third kappa shape index (κ3) is 3.72. The molecular formula is C20H27N5O2. The Morgan fingerprint density at radius 3 is 2.89 bits per heavy atom. The van der Waals surface area contributed by atoms with Crippen LogP contribution < -0.4 is 19.7 Å². The number of nitrogens with one attached hydrogen (secondary N) is 2. The van der Waals surface area contributed by atoms with E-state index in [2.05, 4.69) is 44.2 Å². The van der Waals surface area contributed by atoms with Gasteiger partial charge in [0.25, 0.3) is 0 Å². The van der Waals surface area contributed by atoms with Gasteiger partial charge in [0, 0.05) is 13.1 Å². The predicted molar refractivity (Wildman–Crippen MR) is 106 cm³/mol. The Labute approximate surface area is 159 Å². The van der Waals surface area contributed by atoms with Gasteiger partial charge in [-0.1, -0.05) is 6.07 Å². The lowest BCUT2D eigenvalue weighted by Crippen LogP contribution is -2.35. The number of H-pyrrole nitrogens is 1. The summed E-state index contributed by atoms with van der Waals surface area (Å²) in [5, 5.41) is 3.29. The first-order valence-corrected chi connectivity index (χ1v) is 9.69. The minimum atomic E-state index is 0.300. The summed E-state index contributed by atoms with van der Waals surface area (Å²) in [5.41, 5.74) is 2.10. The number of methoxy groups -OCH3 is 1. The molecule has 0 unspecified atom stereocenters. The van der Waals surface area contributed by atoms with Gasteiger partial charge in [-0.3, -0.25) is 0 Å². The van der Waals surface area contributed by atoms with Gasteiger partial charge in [-0.15, -0.1) is 0 Å². The average molecular weight is 369 g/mol. The summed E-state index contributed by atoms with van der Waals surface area (Å²) in [6, 6.07) is 6.16. The van der Waals surface area contributed by atoms with Gasteiger partial charge in [0.05, 0.1) is 19.5 Å². The average Bonchev–Trinajstić information content (AvgIpc) is 3.36. The van der Waals surface area contributed by atoms with E-state index in [1.165, 1.54) is 12.8 Å². The number of anilines is 1. The van der Waals surface area contributed by atoms with Crippen LogP contribution in [0, 0.1) is 0 Å². The zero-order valence-corrected chi connectivity index (χ0v) is 16.0. The Morgan fingerprint density at radius 1 is 1.26 bits per heavy atom. The van der Waals surface area contributed by atoms with E-state index in [-0.39, 0.29) is 0 Å². The molecule has 7 heteroatoms. The molecule has 0 radical (unpaired) electrons. The Kier molecular flexibility index (Phi) is 5.18. The first-order chi connectivity index (χ1) is 13.3. The number of hydrogen-bond acceptors (Lipinski definition) is 6. The van der Waals surface area contributed by atoms with Crippen LogP contribution in [0.4, 0.5) is 5.82 Å². The van der Waals surface area contributed by atoms with Gasteiger partial charge in [0.1, 0.15) is 12.4 Å². The van der Waals surface area contributed by atoms with Crippen molar-refractivity contribution >= 4 is 11.7 Å². The summed E-state index contributed by atoms with van der Waals surface area (Å²) < 4.78 is 11.7. The third-order valence-corrected chi connectivity index (χ3v) is 5.10. The molecule has 7 nitrogen and oxygen atoms in total. The molecule has 0 atom stereocenters. The second-order valence-electron chi connectivity index (χ2n) is 6.99. The molecule has 2 N–H and O–H groups in total. The SMILES string of the molecule is CCNC1=NCN(Cc2ccc(OC)c(OC3CCCC3)c2)c2nc[nH]c21. The van der Waals surface area contributed by atoms with E-state index in [1.807, 2.05) is 6.07 Å². The van der Waals surface area contributed by atoms with E-state index in [0.29, 0.717) is 19.3 Å². The van der Waals surface area contributed by atoms with Crippen molar-refractivity contribution in [2.45, 2.75) is 45.3 Å². The van der Waals surface area contributed by atoms with Crippen molar-refractivity contribution in [2.24, 2.45) is 4.99 Å². The molecule has 2 aliphatic rings. The molecule has 1 saturated carbocycles. The maximum atomic E-state index is 6.23. The number of ether oxygens (including phenoxy) is 2. The monoisotopic (exact) mass is 369 g/mol. The van der Waals surface area contributed by atoms with Crippen molar-refractivity contribution in [1.29, 1.82) is 0 Å². The molecular weight excluding hydrogens is 342 g/mol. The molecule has 0 amide bonds. The highest BCUT2D eigenvalue weighted by molar-refractivity contribution is 6.02. The van der Waals surface area contributed by atoms with Gasteiger partial charge in [-0.25, -0.2) is 9.98 Å². The molecule has 1 aliphatic heterocycles. The normalized spacial score (nSPS) is 16.8. The van der Waals surface area contributed by atoms with E-state index in [0.717, 1.165) is 53.8 Å². The summed E-state index contributed by atoms with van der Waals surface area (Å²) in [6.07, 6.45) is 6.76. The fraction of sp³-hybridized carbons (Fsp3) is 0.500. The molecule has 144 valence electrons. The summed E-state index contributed by atoms with van der Waals surface area (Å²) in [5.74, 6) is 3.42. The Morgan fingerprint density at radius 2 is 2.11 bits per heavy atom. The minimum Gasteiger partial charge on any atom is -0.493 e. The predicted octanol–water partition coefficient (Wildman–Crippen LogP) is 3.07. The molecule has 2 aromatic rings. The van der Waals surface area contributed by atoms with E-state index in [4.69, 9.17) is 9.47 Å². The summed E-state index contributed by atoms with van der Waals surface area (Å²) in [4.78, 5) is 14.5. The molecule has 27 heavy (non-hydrogen) atoms. The largest absolute Gasteiger partial charge is 0.493 e. The van der Waals surface area contributed by atoms with Crippen LogP contribution in [0.1, 0.15) is 43.9 Å². The number of imidazole rings is 1. The van der Waals surface area contributed by atoms with Gasteiger partial charge in [-0.05, 0) is 50.3 Å². The highest BCUT2D eigenvalue weighted by atomic mass is 16.5. The minimum absolute atomic E-state index is 0.300. The Hall–Kier alpha value is -2.70. The van der Waals surface area contributed by atoms with Gasteiger partial charge < -0.3 is 24.7 Å². The van der Waals surface area contributed by atoms with Crippen LogP contribution in [0.15, 0.2) is 29.5 Å². The van der Waals surface area contributed by atoms with Crippen LogP contribution in [0.2, 0.25) is 0 Å². The highest BCUT2D eigenvalue weighted by Crippen LogP contribution is 2.33. The van der Waals surface area contributed by atoms with Crippen molar-refractivity contribution in [3.63, 3.8) is 0 Å². The molecule has 1 aliphatic carbocycles. The standard InChI is InChI=1S/C20H27N5O2/c1-3-21-19-18-20(23-12-22-18)25(13-24-19)11-14-8-9-16(26-2)17(10-14)27-15-6-4-5-7-15/h8-10,12,15H,3-7,11,13H2,1-2H3,(H,21,24)(H,22,23). The van der Waals surface area contributed by atoms with Crippen molar-refractivity contribution in [3.8, 4) is 11.5 Å². The second-order valence-corrected chi connectivity index (χ2v) is 6.99. The smallest absolute Gasteiger partial charge is 0.161 e. The van der Waals surface area contributed by atoms with Crippen LogP contribution in [0.3, 0.4) is 0 Å². The molecule has 1 aromatic carbocycles. The van der Waals surface area contributed by atoms with Gasteiger partial charge in [0.15, 0.2) is 23.2 Å². The fourth-order valence-electron chi connectivity index (χ4n) is 3.76. The molecule has 1 aromatic heterocycles. The first-order valence-electron chi connectivity index (χ1n) is 9.69. The summed E-state index contributed by atoms with van der Waals surface area (Å²) in [6.45, 7) is 4.18. The number of hydrogen-bond donors (Lipinski definition) is 2. The van der Waals surface area contributed by atoms with Crippen molar-refractivity contribution in [1.82, 2.24) is 15.3 Å². The van der Waals surface area contributed by atoms with E-state index in [1.54, 1.807) is 13.4 Å². The number of aromatic nitrogens is 2. The Bertz CT molecular complexity index is 810. The van der Waals surface area contributed by atoms with Crippen LogP contribution in [0.5, 0.6) is 11.5 Å². The molecule has 2 heterocycles. The molecule has 0 spiro atoms. The topological polar surface area (TPSA) is 74.8 Å². The maximum absolute atomic E-state index is 6.23. The number of nitrogens with zero attached hydrogens (tertiary/aromatic N) is 3. The molecule has 1 fully saturated rings.